The summed E-state index contributed by atoms with van der Waals surface area (Å²) in [6.45, 7) is 0. The smallest absolute Gasteiger partial charge is 0.343 e. The summed E-state index contributed by atoms with van der Waals surface area (Å²) in [5, 5.41) is 0. The molecule has 29 heavy (non-hydrogen) atoms. The largest absolute Gasteiger partial charge is 0.497 e. The Morgan fingerprint density at radius 2 is 1.59 bits per heavy atom. The number of hydrogen-bond donors (Lipinski definition) is 0. The van der Waals surface area contributed by atoms with Gasteiger partial charge in [0.2, 0.25) is 0 Å². The SMILES string of the molecule is COc1ccc(OC)c(C(=O)C=Cc2cccc(OC(=O)c3ccccc3)c2)c1. The lowest BCUT2D eigenvalue weighted by atomic mass is 10.1. The van der Waals surface area contributed by atoms with Crippen molar-refractivity contribution < 1.29 is 23.8 Å². The third-order valence-electron chi connectivity index (χ3n) is 4.18. The van der Waals surface area contributed by atoms with Crippen LogP contribution in [0.15, 0.2) is 78.9 Å². The lowest BCUT2D eigenvalue weighted by Crippen LogP contribution is -2.08. The fourth-order valence-electron chi connectivity index (χ4n) is 2.69. The number of esters is 1. The first kappa shape index (κ1) is 19.9. The summed E-state index contributed by atoms with van der Waals surface area (Å²) >= 11 is 0. The van der Waals surface area contributed by atoms with E-state index < -0.39 is 5.97 Å². The molecule has 0 aliphatic heterocycles. The number of ketones is 1. The molecule has 0 aliphatic carbocycles. The summed E-state index contributed by atoms with van der Waals surface area (Å²) in [7, 11) is 3.04. The van der Waals surface area contributed by atoms with Crippen molar-refractivity contribution in [2.24, 2.45) is 0 Å². The minimum absolute atomic E-state index is 0.229. The first-order valence-corrected chi connectivity index (χ1v) is 8.92. The van der Waals surface area contributed by atoms with E-state index >= 15 is 0 Å². The molecule has 0 N–H and O–H groups in total. The van der Waals surface area contributed by atoms with Gasteiger partial charge in [-0.1, -0.05) is 36.4 Å². The Morgan fingerprint density at radius 3 is 2.31 bits per heavy atom. The second-order valence-corrected chi connectivity index (χ2v) is 6.09. The molecule has 3 aromatic carbocycles. The van der Waals surface area contributed by atoms with Gasteiger partial charge in [0.15, 0.2) is 5.78 Å². The van der Waals surface area contributed by atoms with Crippen LogP contribution in [-0.4, -0.2) is 26.0 Å². The molecule has 0 fully saturated rings. The molecular weight excluding hydrogens is 368 g/mol. The van der Waals surface area contributed by atoms with Gasteiger partial charge < -0.3 is 14.2 Å². The zero-order valence-corrected chi connectivity index (χ0v) is 16.1. The maximum Gasteiger partial charge on any atom is 0.343 e. The normalized spacial score (nSPS) is 10.6. The van der Waals surface area contributed by atoms with E-state index in [9.17, 15) is 9.59 Å². The van der Waals surface area contributed by atoms with Crippen molar-refractivity contribution in [2.75, 3.05) is 14.2 Å². The minimum atomic E-state index is -0.441. The summed E-state index contributed by atoms with van der Waals surface area (Å²) in [6, 6.07) is 20.7. The zero-order chi connectivity index (χ0) is 20.6. The van der Waals surface area contributed by atoms with Gasteiger partial charge in [0.1, 0.15) is 17.2 Å². The van der Waals surface area contributed by atoms with Gasteiger partial charge in [0, 0.05) is 0 Å². The first-order valence-electron chi connectivity index (χ1n) is 8.92. The van der Waals surface area contributed by atoms with E-state index in [1.54, 1.807) is 66.7 Å². The molecule has 5 nitrogen and oxygen atoms in total. The third kappa shape index (κ3) is 5.11. The number of hydrogen-bond acceptors (Lipinski definition) is 5. The molecule has 0 aliphatic rings. The second-order valence-electron chi connectivity index (χ2n) is 6.09. The second kappa shape index (κ2) is 9.37. The summed E-state index contributed by atoms with van der Waals surface area (Å²) in [5.41, 5.74) is 1.59. The van der Waals surface area contributed by atoms with Crippen LogP contribution >= 0.6 is 0 Å². The number of methoxy groups -OCH3 is 2. The zero-order valence-electron chi connectivity index (χ0n) is 16.1. The van der Waals surface area contributed by atoms with E-state index in [4.69, 9.17) is 14.2 Å². The van der Waals surface area contributed by atoms with Crippen molar-refractivity contribution >= 4 is 17.8 Å². The molecule has 0 spiro atoms. The Kier molecular flexibility index (Phi) is 6.43. The van der Waals surface area contributed by atoms with Crippen molar-refractivity contribution in [3.05, 3.63) is 95.6 Å². The van der Waals surface area contributed by atoms with Crippen molar-refractivity contribution in [1.82, 2.24) is 0 Å². The molecule has 5 heteroatoms. The van der Waals surface area contributed by atoms with Gasteiger partial charge in [-0.05, 0) is 54.1 Å². The number of rotatable bonds is 7. The fourth-order valence-corrected chi connectivity index (χ4v) is 2.69. The van der Waals surface area contributed by atoms with Gasteiger partial charge in [-0.15, -0.1) is 0 Å². The Bertz CT molecular complexity index is 1040. The molecule has 3 rings (SSSR count). The Hall–Kier alpha value is -3.86. The summed E-state index contributed by atoms with van der Waals surface area (Å²) in [6.07, 6.45) is 3.09. The van der Waals surface area contributed by atoms with Crippen LogP contribution in [0.25, 0.3) is 6.08 Å². The molecule has 0 heterocycles. The summed E-state index contributed by atoms with van der Waals surface area (Å²) in [4.78, 5) is 24.8. The van der Waals surface area contributed by atoms with Gasteiger partial charge in [0.25, 0.3) is 0 Å². The van der Waals surface area contributed by atoms with Gasteiger partial charge in [-0.3, -0.25) is 4.79 Å². The molecule has 0 atom stereocenters. The standard InChI is InChI=1S/C24H20O5/c1-27-19-12-14-23(28-2)21(16-19)22(25)13-11-17-7-6-10-20(15-17)29-24(26)18-8-4-3-5-9-18/h3-16H,1-2H3. The quantitative estimate of drug-likeness (QED) is 0.251. The molecule has 0 unspecified atom stereocenters. The highest BCUT2D eigenvalue weighted by Crippen LogP contribution is 2.25. The Balaban J connectivity index is 1.75. The number of allylic oxidation sites excluding steroid dienone is 1. The van der Waals surface area contributed by atoms with Gasteiger partial charge in [-0.2, -0.15) is 0 Å². The monoisotopic (exact) mass is 388 g/mol. The number of carbonyl (C=O) groups is 2. The van der Waals surface area contributed by atoms with Crippen LogP contribution in [0.5, 0.6) is 17.2 Å². The average molecular weight is 388 g/mol. The van der Waals surface area contributed by atoms with E-state index in [1.807, 2.05) is 12.1 Å². The molecular formula is C24H20O5. The third-order valence-corrected chi connectivity index (χ3v) is 4.18. The summed E-state index contributed by atoms with van der Waals surface area (Å²) < 4.78 is 15.8. The molecule has 0 saturated heterocycles. The van der Waals surface area contributed by atoms with Crippen LogP contribution in [0.3, 0.4) is 0 Å². The molecule has 0 amide bonds. The van der Waals surface area contributed by atoms with Gasteiger partial charge >= 0.3 is 5.97 Å². The van der Waals surface area contributed by atoms with Crippen molar-refractivity contribution in [2.45, 2.75) is 0 Å². The van der Waals surface area contributed by atoms with Crippen LogP contribution in [0.1, 0.15) is 26.3 Å². The van der Waals surface area contributed by atoms with E-state index in [0.29, 0.717) is 28.4 Å². The minimum Gasteiger partial charge on any atom is -0.497 e. The van der Waals surface area contributed by atoms with Crippen molar-refractivity contribution in [3.63, 3.8) is 0 Å². The van der Waals surface area contributed by atoms with Crippen LogP contribution < -0.4 is 14.2 Å². The number of benzene rings is 3. The lowest BCUT2D eigenvalue weighted by molar-refractivity contribution is 0.0734. The van der Waals surface area contributed by atoms with E-state index in [-0.39, 0.29) is 5.78 Å². The van der Waals surface area contributed by atoms with Gasteiger partial charge in [-0.25, -0.2) is 4.79 Å². The van der Waals surface area contributed by atoms with E-state index in [1.165, 1.54) is 20.3 Å². The van der Waals surface area contributed by atoms with E-state index in [2.05, 4.69) is 0 Å². The average Bonchev–Trinajstić information content (AvgIpc) is 2.77. The Morgan fingerprint density at radius 1 is 0.793 bits per heavy atom. The topological polar surface area (TPSA) is 61.8 Å². The molecule has 0 aromatic heterocycles. The van der Waals surface area contributed by atoms with Crippen LogP contribution in [0.4, 0.5) is 0 Å². The van der Waals surface area contributed by atoms with Crippen LogP contribution in [-0.2, 0) is 0 Å². The predicted octanol–water partition coefficient (Wildman–Crippen LogP) is 4.82. The van der Waals surface area contributed by atoms with E-state index in [0.717, 1.165) is 5.56 Å². The number of ether oxygens (including phenoxy) is 3. The molecule has 0 saturated carbocycles. The van der Waals surface area contributed by atoms with Crippen molar-refractivity contribution in [1.29, 1.82) is 0 Å². The molecule has 146 valence electrons. The maximum absolute atomic E-state index is 12.6. The van der Waals surface area contributed by atoms with Crippen LogP contribution in [0, 0.1) is 0 Å². The molecule has 0 radical (unpaired) electrons. The highest BCUT2D eigenvalue weighted by Gasteiger charge is 2.11. The Labute approximate surface area is 169 Å². The lowest BCUT2D eigenvalue weighted by Gasteiger charge is -2.08. The highest BCUT2D eigenvalue weighted by molar-refractivity contribution is 6.09. The number of carbonyl (C=O) groups excluding carboxylic acids is 2. The highest BCUT2D eigenvalue weighted by atomic mass is 16.5. The van der Waals surface area contributed by atoms with Crippen LogP contribution in [0.2, 0.25) is 0 Å². The maximum atomic E-state index is 12.6. The predicted molar refractivity (Wildman–Crippen MR) is 111 cm³/mol. The van der Waals surface area contributed by atoms with Crippen molar-refractivity contribution in [3.8, 4) is 17.2 Å². The van der Waals surface area contributed by atoms with Gasteiger partial charge in [0.05, 0.1) is 25.3 Å². The summed E-state index contributed by atoms with van der Waals surface area (Å²) in [5.74, 6) is 0.757. The first-order chi connectivity index (χ1) is 14.1. The fraction of sp³-hybridized carbons (Fsp3) is 0.0833. The molecule has 0 bridgehead atoms. The molecule has 3 aromatic rings.